The molecule has 0 atom stereocenters. The summed E-state index contributed by atoms with van der Waals surface area (Å²) in [4.78, 5) is 0. The van der Waals surface area contributed by atoms with Crippen LogP contribution in [-0.2, 0) is 8.85 Å². The van der Waals surface area contributed by atoms with E-state index in [1.807, 2.05) is 0 Å². The zero-order valence-corrected chi connectivity index (χ0v) is 9.01. The van der Waals surface area contributed by atoms with E-state index >= 15 is 0 Å². The summed E-state index contributed by atoms with van der Waals surface area (Å²) in [5.41, 5.74) is 5.44. The highest BCUT2D eigenvalue weighted by atomic mass is 28.4. The second-order valence-electron chi connectivity index (χ2n) is 3.75. The molecule has 2 N–H and O–H groups in total. The van der Waals surface area contributed by atoms with Crippen molar-refractivity contribution < 1.29 is 8.85 Å². The van der Waals surface area contributed by atoms with Crippen molar-refractivity contribution in [3.05, 3.63) is 0 Å². The molecule has 0 spiro atoms. The molecule has 0 amide bonds. The molecule has 0 saturated carbocycles. The van der Waals surface area contributed by atoms with Crippen LogP contribution in [0.25, 0.3) is 0 Å². The molecular weight excluding hydrogens is 170 g/mol. The zero-order chi connectivity index (χ0) is 9.03. The Hall–Kier alpha value is 0.0969. The molecule has 4 heteroatoms. The van der Waals surface area contributed by atoms with Gasteiger partial charge >= 0.3 is 8.56 Å². The largest absolute Gasteiger partial charge is 0.394 e. The maximum absolute atomic E-state index is 5.74. The summed E-state index contributed by atoms with van der Waals surface area (Å²) in [5, 5.41) is 0. The van der Waals surface area contributed by atoms with Crippen molar-refractivity contribution in [1.29, 1.82) is 0 Å². The van der Waals surface area contributed by atoms with Crippen LogP contribution in [0.2, 0.25) is 12.6 Å². The Morgan fingerprint density at radius 3 is 2.50 bits per heavy atom. The summed E-state index contributed by atoms with van der Waals surface area (Å²) >= 11 is 0. The molecule has 1 saturated heterocycles. The average molecular weight is 189 g/mol. The molecule has 1 fully saturated rings. The van der Waals surface area contributed by atoms with Gasteiger partial charge in [-0.3, -0.25) is 0 Å². The zero-order valence-electron chi connectivity index (χ0n) is 8.01. The molecule has 0 aliphatic carbocycles. The van der Waals surface area contributed by atoms with Crippen LogP contribution in [0.1, 0.15) is 13.3 Å². The summed E-state index contributed by atoms with van der Waals surface area (Å²) < 4.78 is 11.5. The molecular formula is C8H19NO2Si. The standard InChI is InChI=1S/C8H19NO2Si/c1-8-6-10-12(2,11-7-8)5-3-4-9/h8H,3-7,9H2,1-2H3. The van der Waals surface area contributed by atoms with E-state index < -0.39 is 8.56 Å². The van der Waals surface area contributed by atoms with Crippen molar-refractivity contribution in [3.63, 3.8) is 0 Å². The summed E-state index contributed by atoms with van der Waals surface area (Å²) in [5.74, 6) is 0.559. The Labute approximate surface area is 75.5 Å². The lowest BCUT2D eigenvalue weighted by Gasteiger charge is -2.34. The normalized spacial score (nSPS) is 36.8. The van der Waals surface area contributed by atoms with Gasteiger partial charge in [-0.25, -0.2) is 0 Å². The van der Waals surface area contributed by atoms with Crippen LogP contribution in [0.15, 0.2) is 0 Å². The summed E-state index contributed by atoms with van der Waals surface area (Å²) in [6, 6.07) is 1.04. The van der Waals surface area contributed by atoms with E-state index in [-0.39, 0.29) is 0 Å². The molecule has 72 valence electrons. The van der Waals surface area contributed by atoms with Gasteiger partial charge in [-0.15, -0.1) is 0 Å². The molecule has 1 heterocycles. The van der Waals surface area contributed by atoms with Crippen molar-refractivity contribution in [2.24, 2.45) is 11.7 Å². The third kappa shape index (κ3) is 2.86. The van der Waals surface area contributed by atoms with Crippen LogP contribution in [0, 0.1) is 5.92 Å². The minimum atomic E-state index is -1.78. The predicted octanol–water partition coefficient (Wildman–Crippen LogP) is 1.09. The highest BCUT2D eigenvalue weighted by molar-refractivity contribution is 6.66. The molecule has 1 rings (SSSR count). The second kappa shape index (κ2) is 4.37. The van der Waals surface area contributed by atoms with E-state index in [9.17, 15) is 0 Å². The average Bonchev–Trinajstić information content (AvgIpc) is 2.08. The minimum absolute atomic E-state index is 0.559. The highest BCUT2D eigenvalue weighted by Gasteiger charge is 2.35. The second-order valence-corrected chi connectivity index (χ2v) is 7.10. The molecule has 0 bridgehead atoms. The van der Waals surface area contributed by atoms with Gasteiger partial charge in [-0.1, -0.05) is 6.92 Å². The predicted molar refractivity (Wildman–Crippen MR) is 51.2 cm³/mol. The van der Waals surface area contributed by atoms with Gasteiger partial charge in [-0.05, 0) is 25.6 Å². The molecule has 1 aliphatic heterocycles. The van der Waals surface area contributed by atoms with E-state index in [0.29, 0.717) is 5.92 Å². The maximum Gasteiger partial charge on any atom is 0.334 e. The highest BCUT2D eigenvalue weighted by Crippen LogP contribution is 2.21. The van der Waals surface area contributed by atoms with E-state index in [1.54, 1.807) is 0 Å². The maximum atomic E-state index is 5.74. The Balaban J connectivity index is 2.29. The van der Waals surface area contributed by atoms with Crippen LogP contribution in [0.3, 0.4) is 0 Å². The topological polar surface area (TPSA) is 44.5 Å². The van der Waals surface area contributed by atoms with E-state index in [0.717, 1.165) is 32.2 Å². The summed E-state index contributed by atoms with van der Waals surface area (Å²) in [6.07, 6.45) is 1.02. The summed E-state index contributed by atoms with van der Waals surface area (Å²) in [6.45, 7) is 6.76. The fraction of sp³-hybridized carbons (Fsp3) is 1.00. The van der Waals surface area contributed by atoms with Gasteiger partial charge in [0.2, 0.25) is 0 Å². The van der Waals surface area contributed by atoms with Crippen molar-refractivity contribution >= 4 is 8.56 Å². The molecule has 0 radical (unpaired) electrons. The lowest BCUT2D eigenvalue weighted by atomic mass is 10.2. The smallest absolute Gasteiger partial charge is 0.334 e. The van der Waals surface area contributed by atoms with Crippen LogP contribution in [0.4, 0.5) is 0 Å². The van der Waals surface area contributed by atoms with Crippen LogP contribution in [-0.4, -0.2) is 28.3 Å². The van der Waals surface area contributed by atoms with Gasteiger partial charge in [-0.2, -0.15) is 0 Å². The first kappa shape index (κ1) is 10.2. The van der Waals surface area contributed by atoms with Gasteiger partial charge in [0.25, 0.3) is 0 Å². The van der Waals surface area contributed by atoms with Gasteiger partial charge in [0, 0.05) is 19.1 Å². The Bertz CT molecular complexity index is 130. The first-order chi connectivity index (χ1) is 5.66. The Kier molecular flexibility index (Phi) is 3.70. The van der Waals surface area contributed by atoms with E-state index in [4.69, 9.17) is 14.6 Å². The van der Waals surface area contributed by atoms with E-state index in [1.165, 1.54) is 0 Å². The third-order valence-electron chi connectivity index (χ3n) is 2.18. The number of hydrogen-bond acceptors (Lipinski definition) is 3. The Morgan fingerprint density at radius 2 is 2.00 bits per heavy atom. The molecule has 12 heavy (non-hydrogen) atoms. The molecule has 3 nitrogen and oxygen atoms in total. The quantitative estimate of drug-likeness (QED) is 0.676. The van der Waals surface area contributed by atoms with Gasteiger partial charge in [0.1, 0.15) is 0 Å². The van der Waals surface area contributed by atoms with Crippen molar-refractivity contribution in [2.75, 3.05) is 19.8 Å². The molecule has 0 aromatic rings. The van der Waals surface area contributed by atoms with Crippen molar-refractivity contribution in [3.8, 4) is 0 Å². The number of rotatable bonds is 3. The molecule has 0 aromatic heterocycles. The molecule has 1 aliphatic rings. The lowest BCUT2D eigenvalue weighted by molar-refractivity contribution is 0.0700. The fourth-order valence-corrected chi connectivity index (χ4v) is 3.79. The Morgan fingerprint density at radius 1 is 1.42 bits per heavy atom. The van der Waals surface area contributed by atoms with E-state index in [2.05, 4.69) is 13.5 Å². The summed E-state index contributed by atoms with van der Waals surface area (Å²) in [7, 11) is -1.78. The molecule has 0 aromatic carbocycles. The van der Waals surface area contributed by atoms with Gasteiger partial charge in [0.05, 0.1) is 0 Å². The number of hydrogen-bond donors (Lipinski definition) is 1. The van der Waals surface area contributed by atoms with Crippen LogP contribution < -0.4 is 5.73 Å². The van der Waals surface area contributed by atoms with Gasteiger partial charge < -0.3 is 14.6 Å². The van der Waals surface area contributed by atoms with Gasteiger partial charge in [0.15, 0.2) is 0 Å². The van der Waals surface area contributed by atoms with Crippen LogP contribution in [0.5, 0.6) is 0 Å². The minimum Gasteiger partial charge on any atom is -0.394 e. The lowest BCUT2D eigenvalue weighted by Crippen LogP contribution is -2.46. The van der Waals surface area contributed by atoms with Crippen LogP contribution >= 0.6 is 0 Å². The monoisotopic (exact) mass is 189 g/mol. The van der Waals surface area contributed by atoms with Crippen molar-refractivity contribution in [2.45, 2.75) is 25.9 Å². The molecule has 0 unspecified atom stereocenters. The fourth-order valence-electron chi connectivity index (χ4n) is 1.29. The van der Waals surface area contributed by atoms with Crippen molar-refractivity contribution in [1.82, 2.24) is 0 Å². The first-order valence-electron chi connectivity index (χ1n) is 4.64. The third-order valence-corrected chi connectivity index (χ3v) is 5.00. The first-order valence-corrected chi connectivity index (χ1v) is 7.16. The number of nitrogens with two attached hydrogens (primary N) is 1. The SMILES string of the molecule is CC1CO[Si](C)(CCCN)OC1.